The first-order valence-corrected chi connectivity index (χ1v) is 5.61. The fourth-order valence-electron chi connectivity index (χ4n) is 0.803. The van der Waals surface area contributed by atoms with Crippen molar-refractivity contribution in [3.63, 3.8) is 0 Å². The number of para-hydroxylation sites is 1. The fourth-order valence-corrected chi connectivity index (χ4v) is 1.57. The van der Waals surface area contributed by atoms with Gasteiger partial charge in [-0.3, -0.25) is 0 Å². The van der Waals surface area contributed by atoms with Crippen LogP contribution in [0.1, 0.15) is 14.8 Å². The van der Waals surface area contributed by atoms with Crippen molar-refractivity contribution in [2.45, 2.75) is 13.3 Å². The summed E-state index contributed by atoms with van der Waals surface area (Å²) in [5, 5.41) is 0. The van der Waals surface area contributed by atoms with E-state index in [0.29, 0.717) is 6.42 Å². The van der Waals surface area contributed by atoms with Gasteiger partial charge in [-0.15, -0.1) is 0 Å². The zero-order valence-electron chi connectivity index (χ0n) is 9.84. The van der Waals surface area contributed by atoms with Crippen LogP contribution in [0.4, 0.5) is 0 Å². The van der Waals surface area contributed by atoms with Gasteiger partial charge in [0.25, 0.3) is 0 Å². The van der Waals surface area contributed by atoms with E-state index in [1.54, 1.807) is 30.3 Å². The topological polar surface area (TPSA) is 52.6 Å². The number of benzene rings is 1. The van der Waals surface area contributed by atoms with Gasteiger partial charge in [0.1, 0.15) is 5.75 Å². The van der Waals surface area contributed by atoms with E-state index in [9.17, 15) is 8.42 Å². The molecule has 0 atom stereocenters. The zero-order valence-corrected chi connectivity index (χ0v) is 11.7. The largest absolute Gasteiger partial charge is 1.00 e. The summed E-state index contributed by atoms with van der Waals surface area (Å²) in [4.78, 5) is 0. The Labute approximate surface area is 114 Å². The van der Waals surface area contributed by atoms with E-state index in [4.69, 9.17) is 0 Å². The molecule has 1 aromatic rings. The Bertz CT molecular complexity index is 368. The van der Waals surface area contributed by atoms with E-state index in [0.717, 1.165) is 0 Å². The minimum Gasteiger partial charge on any atom is -1.00 e. The third-order valence-corrected chi connectivity index (χ3v) is 2.23. The molecule has 1 aromatic carbocycles. The van der Waals surface area contributed by atoms with Crippen LogP contribution >= 0.6 is 0 Å². The fraction of sp³-hybridized carbons (Fsp3) is 0.333. The predicted octanol–water partition coefficient (Wildman–Crippen LogP) is -1.15. The van der Waals surface area contributed by atoms with Gasteiger partial charge in [-0.05, 0) is 18.6 Å². The van der Waals surface area contributed by atoms with Crippen molar-refractivity contribution in [1.29, 1.82) is 0 Å². The molecule has 0 aromatic heterocycles. The van der Waals surface area contributed by atoms with E-state index < -0.39 is 10.4 Å². The van der Waals surface area contributed by atoms with Crippen molar-refractivity contribution in [2.24, 2.45) is 0 Å². The second-order valence-electron chi connectivity index (χ2n) is 2.63. The van der Waals surface area contributed by atoms with E-state index in [1.165, 1.54) is 0 Å². The molecule has 0 heterocycles. The maximum Gasteiger partial charge on any atom is 1.00 e. The number of hydrogen-bond donors (Lipinski definition) is 0. The maximum absolute atomic E-state index is 11.1. The van der Waals surface area contributed by atoms with Crippen LogP contribution in [0.3, 0.4) is 0 Å². The molecule has 0 fully saturated rings. The van der Waals surface area contributed by atoms with Crippen LogP contribution in [-0.4, -0.2) is 15.0 Å². The van der Waals surface area contributed by atoms with Crippen LogP contribution in [0.5, 0.6) is 5.75 Å². The summed E-state index contributed by atoms with van der Waals surface area (Å²) >= 11 is 0. The first-order valence-electron chi connectivity index (χ1n) is 4.28. The summed E-state index contributed by atoms with van der Waals surface area (Å²) in [5.41, 5.74) is 0. The van der Waals surface area contributed by atoms with Crippen LogP contribution in [0.25, 0.3) is 0 Å². The second-order valence-corrected chi connectivity index (χ2v) is 3.85. The summed E-state index contributed by atoms with van der Waals surface area (Å²) in [6.45, 7) is 1.95. The molecule has 0 radical (unpaired) electrons. The first kappa shape index (κ1) is 14.9. The molecule has 0 saturated carbocycles. The summed E-state index contributed by atoms with van der Waals surface area (Å²) in [6.07, 6.45) is 0.622. The molecule has 0 aliphatic heterocycles. The van der Waals surface area contributed by atoms with Crippen molar-refractivity contribution in [1.82, 2.24) is 0 Å². The van der Waals surface area contributed by atoms with E-state index in [2.05, 4.69) is 8.37 Å². The molecular weight excluding hydrogens is 227 g/mol. The molecule has 0 amide bonds. The molecule has 1 rings (SSSR count). The average molecular weight is 240 g/mol. The van der Waals surface area contributed by atoms with Crippen molar-refractivity contribution in [3.05, 3.63) is 30.3 Å². The van der Waals surface area contributed by atoms with Crippen LogP contribution in [0.15, 0.2) is 30.3 Å². The van der Waals surface area contributed by atoms with Gasteiger partial charge in [0.15, 0.2) is 0 Å². The Morgan fingerprint density at radius 1 is 1.27 bits per heavy atom. The molecule has 0 aliphatic rings. The average Bonchev–Trinajstić information content (AvgIpc) is 2.16. The summed E-state index contributed by atoms with van der Waals surface area (Å²) in [6, 6.07) is 8.24. The molecule has 0 unspecified atom stereocenters. The quantitative estimate of drug-likeness (QED) is 0.610. The summed E-state index contributed by atoms with van der Waals surface area (Å²) < 4.78 is 31.4. The van der Waals surface area contributed by atoms with Crippen molar-refractivity contribution >= 4 is 10.4 Å². The van der Waals surface area contributed by atoms with Crippen LogP contribution in [0, 0.1) is 0 Å². The molecule has 0 N–H and O–H groups in total. The van der Waals surface area contributed by atoms with Gasteiger partial charge in [-0.25, -0.2) is 4.18 Å². The molecule has 0 spiro atoms. The van der Waals surface area contributed by atoms with Crippen LogP contribution in [-0.2, 0) is 14.6 Å². The van der Waals surface area contributed by atoms with Gasteiger partial charge in [-0.2, -0.15) is 8.42 Å². The predicted molar refractivity (Wildman–Crippen MR) is 53.3 cm³/mol. The molecule has 15 heavy (non-hydrogen) atoms. The van der Waals surface area contributed by atoms with Crippen molar-refractivity contribution < 1.29 is 47.8 Å². The minimum atomic E-state index is -3.90. The summed E-state index contributed by atoms with van der Waals surface area (Å²) in [5.74, 6) is 0.253. The van der Waals surface area contributed by atoms with E-state index >= 15 is 0 Å². The molecule has 4 nitrogen and oxygen atoms in total. The second kappa shape index (κ2) is 7.24. The third-order valence-electron chi connectivity index (χ3n) is 1.37. The number of rotatable bonds is 5. The maximum atomic E-state index is 11.1. The Morgan fingerprint density at radius 3 is 2.40 bits per heavy atom. The minimum absolute atomic E-state index is 0. The van der Waals surface area contributed by atoms with Gasteiger partial charge in [0.05, 0.1) is 6.61 Å². The molecular formula is C9H13NaO4S. The van der Waals surface area contributed by atoms with E-state index in [-0.39, 0.29) is 43.3 Å². The van der Waals surface area contributed by atoms with Gasteiger partial charge in [0, 0.05) is 0 Å². The Hall–Kier alpha value is -0.0700. The third kappa shape index (κ3) is 6.17. The smallest absolute Gasteiger partial charge is 1.00 e. The SMILES string of the molecule is CCCOS(=O)(=O)Oc1ccccc1.[H-].[Na+]. The van der Waals surface area contributed by atoms with Crippen LogP contribution < -0.4 is 33.7 Å². The van der Waals surface area contributed by atoms with Crippen molar-refractivity contribution in [2.75, 3.05) is 6.61 Å². The Balaban J connectivity index is 0. The van der Waals surface area contributed by atoms with E-state index in [1.807, 2.05) is 6.92 Å². The zero-order chi connectivity index (χ0) is 10.4. The molecule has 0 bridgehead atoms. The molecule has 0 aliphatic carbocycles. The summed E-state index contributed by atoms with van der Waals surface area (Å²) in [7, 11) is -3.90. The Kier molecular flexibility index (Phi) is 7.21. The van der Waals surface area contributed by atoms with Gasteiger partial charge in [-0.1, -0.05) is 25.1 Å². The molecule has 0 saturated heterocycles. The molecule has 80 valence electrons. The first-order chi connectivity index (χ1) is 6.64. The van der Waals surface area contributed by atoms with Gasteiger partial charge >= 0.3 is 40.0 Å². The Morgan fingerprint density at radius 2 is 1.87 bits per heavy atom. The number of hydrogen-bond acceptors (Lipinski definition) is 4. The van der Waals surface area contributed by atoms with Crippen LogP contribution in [0.2, 0.25) is 0 Å². The normalized spacial score (nSPS) is 10.5. The van der Waals surface area contributed by atoms with Gasteiger partial charge < -0.3 is 5.61 Å². The molecule has 6 heteroatoms. The monoisotopic (exact) mass is 240 g/mol. The van der Waals surface area contributed by atoms with Gasteiger partial charge in [0.2, 0.25) is 0 Å². The van der Waals surface area contributed by atoms with Crippen molar-refractivity contribution in [3.8, 4) is 5.75 Å². The standard InChI is InChI=1S/C9H12O4S.Na.H/c1-2-8-12-14(10,11)13-9-6-4-3-5-7-9;;/h3-7H,2,8H2,1H3;;/q;+1;-1.